The first kappa shape index (κ1) is 21.9. The fraction of sp³-hybridized carbons (Fsp3) is 0.150. The second-order valence-corrected chi connectivity index (χ2v) is 8.60. The molecule has 0 radical (unpaired) electrons. The van der Waals surface area contributed by atoms with Crippen molar-refractivity contribution in [2.24, 2.45) is 0 Å². The predicted octanol–water partition coefficient (Wildman–Crippen LogP) is 5.28. The summed E-state index contributed by atoms with van der Waals surface area (Å²) in [5.41, 5.74) is 1.49. The summed E-state index contributed by atoms with van der Waals surface area (Å²) in [6, 6.07) is 11.1. The first-order chi connectivity index (χ1) is 14.1. The summed E-state index contributed by atoms with van der Waals surface area (Å²) in [5.74, 6) is -0.547. The first-order valence-electron chi connectivity index (χ1n) is 8.44. The van der Waals surface area contributed by atoms with Gasteiger partial charge in [0.2, 0.25) is 0 Å². The van der Waals surface area contributed by atoms with E-state index in [1.54, 1.807) is 6.07 Å². The monoisotopic (exact) mass is 457 g/mol. The minimum atomic E-state index is -4.78. The molecule has 0 unspecified atom stereocenters. The molecule has 0 amide bonds. The Kier molecular flexibility index (Phi) is 6.23. The second-order valence-electron chi connectivity index (χ2n) is 6.21. The zero-order valence-corrected chi connectivity index (χ0v) is 17.1. The molecule has 0 spiro atoms. The van der Waals surface area contributed by atoms with Crippen molar-refractivity contribution in [1.29, 1.82) is 0 Å². The molecule has 1 heterocycles. The van der Waals surface area contributed by atoms with Crippen LogP contribution in [0.15, 0.2) is 65.8 Å². The Morgan fingerprint density at radius 1 is 1.00 bits per heavy atom. The maximum atomic E-state index is 12.9. The van der Waals surface area contributed by atoms with E-state index < -0.39 is 16.2 Å². The van der Waals surface area contributed by atoms with Gasteiger partial charge in [-0.05, 0) is 47.5 Å². The summed E-state index contributed by atoms with van der Waals surface area (Å²) in [4.78, 5) is 4.00. The molecule has 0 aliphatic rings. The van der Waals surface area contributed by atoms with Crippen molar-refractivity contribution in [3.05, 3.63) is 71.5 Å². The summed E-state index contributed by atoms with van der Waals surface area (Å²) in [6.07, 6.45) is -1.90. The Hall–Kier alpha value is -2.78. The molecule has 158 valence electrons. The van der Waals surface area contributed by atoms with Crippen LogP contribution in [0.5, 0.6) is 11.5 Å². The molecule has 10 heteroatoms. The van der Waals surface area contributed by atoms with E-state index in [-0.39, 0.29) is 27.2 Å². The van der Waals surface area contributed by atoms with Crippen LogP contribution < -0.4 is 9.47 Å². The number of sulfone groups is 1. The standard InChI is InChI=1S/C20H15ClF3NO4S/c1-28-18-7-4-16(21)9-19(18)30(26,27)12-13-8-15(11-25-10-13)14-2-5-17(6-3-14)29-20(22,23)24/h2-11H,12H2,1H3. The van der Waals surface area contributed by atoms with Gasteiger partial charge in [0, 0.05) is 23.0 Å². The number of pyridine rings is 1. The van der Waals surface area contributed by atoms with Gasteiger partial charge in [-0.25, -0.2) is 8.42 Å². The summed E-state index contributed by atoms with van der Waals surface area (Å²) < 4.78 is 71.6. The minimum Gasteiger partial charge on any atom is -0.495 e. The van der Waals surface area contributed by atoms with E-state index in [1.807, 2.05) is 0 Å². The molecule has 0 saturated carbocycles. The highest BCUT2D eigenvalue weighted by atomic mass is 35.5. The van der Waals surface area contributed by atoms with E-state index >= 15 is 0 Å². The van der Waals surface area contributed by atoms with Gasteiger partial charge in [-0.3, -0.25) is 4.98 Å². The van der Waals surface area contributed by atoms with E-state index in [4.69, 9.17) is 16.3 Å². The molecule has 3 aromatic rings. The molecule has 0 saturated heterocycles. The maximum absolute atomic E-state index is 12.9. The average Bonchev–Trinajstić information content (AvgIpc) is 2.67. The van der Waals surface area contributed by atoms with Gasteiger partial charge in [-0.1, -0.05) is 23.7 Å². The Balaban J connectivity index is 1.86. The van der Waals surface area contributed by atoms with Crippen molar-refractivity contribution in [1.82, 2.24) is 4.98 Å². The smallest absolute Gasteiger partial charge is 0.495 e. The van der Waals surface area contributed by atoms with E-state index in [2.05, 4.69) is 9.72 Å². The van der Waals surface area contributed by atoms with Gasteiger partial charge in [-0.15, -0.1) is 13.2 Å². The molecule has 0 fully saturated rings. The third kappa shape index (κ3) is 5.43. The van der Waals surface area contributed by atoms with Crippen molar-refractivity contribution in [3.8, 4) is 22.6 Å². The molecule has 0 N–H and O–H groups in total. The SMILES string of the molecule is COc1ccc(Cl)cc1S(=O)(=O)Cc1cncc(-c2ccc(OC(F)(F)F)cc2)c1. The summed E-state index contributed by atoms with van der Waals surface area (Å²) in [5, 5.41) is 0.252. The molecule has 0 bridgehead atoms. The van der Waals surface area contributed by atoms with E-state index in [0.29, 0.717) is 16.7 Å². The molecule has 0 aliphatic carbocycles. The van der Waals surface area contributed by atoms with Gasteiger partial charge in [0.05, 0.1) is 12.9 Å². The minimum absolute atomic E-state index is 0.0449. The Labute approximate surface area is 176 Å². The lowest BCUT2D eigenvalue weighted by Crippen LogP contribution is -2.16. The molecular weight excluding hydrogens is 443 g/mol. The van der Waals surface area contributed by atoms with Crippen LogP contribution in [0.1, 0.15) is 5.56 Å². The summed E-state index contributed by atoms with van der Waals surface area (Å²) in [6.45, 7) is 0. The normalized spacial score (nSPS) is 11.9. The molecule has 3 rings (SSSR count). The molecule has 1 aromatic heterocycles. The number of benzene rings is 2. The van der Waals surface area contributed by atoms with Gasteiger partial charge in [-0.2, -0.15) is 0 Å². The van der Waals surface area contributed by atoms with Crippen LogP contribution in [0, 0.1) is 0 Å². The van der Waals surface area contributed by atoms with Gasteiger partial charge in [0.15, 0.2) is 9.84 Å². The fourth-order valence-corrected chi connectivity index (χ4v) is 4.52. The van der Waals surface area contributed by atoms with Crippen molar-refractivity contribution >= 4 is 21.4 Å². The number of aromatic nitrogens is 1. The van der Waals surface area contributed by atoms with Crippen LogP contribution in [-0.4, -0.2) is 26.9 Å². The molecule has 30 heavy (non-hydrogen) atoms. The molecule has 0 aliphatic heterocycles. The lowest BCUT2D eigenvalue weighted by molar-refractivity contribution is -0.274. The number of nitrogens with zero attached hydrogens (tertiary/aromatic N) is 1. The molecule has 0 atom stereocenters. The molecule has 5 nitrogen and oxygen atoms in total. The van der Waals surface area contributed by atoms with E-state index in [1.165, 1.54) is 62.0 Å². The zero-order chi connectivity index (χ0) is 21.9. The largest absolute Gasteiger partial charge is 0.573 e. The van der Waals surface area contributed by atoms with Gasteiger partial charge in [0.25, 0.3) is 0 Å². The number of alkyl halides is 3. The van der Waals surface area contributed by atoms with Crippen LogP contribution in [0.4, 0.5) is 13.2 Å². The third-order valence-corrected chi connectivity index (χ3v) is 5.97. The van der Waals surface area contributed by atoms with E-state index in [9.17, 15) is 21.6 Å². The fourth-order valence-electron chi connectivity index (χ4n) is 2.76. The molecule has 2 aromatic carbocycles. The van der Waals surface area contributed by atoms with Gasteiger partial charge in [0.1, 0.15) is 16.4 Å². The topological polar surface area (TPSA) is 65.5 Å². The molecular formula is C20H15ClF3NO4S. The Morgan fingerprint density at radius 2 is 1.70 bits per heavy atom. The van der Waals surface area contributed by atoms with Crippen LogP contribution in [-0.2, 0) is 15.6 Å². The Morgan fingerprint density at radius 3 is 2.33 bits per heavy atom. The van der Waals surface area contributed by atoms with Crippen LogP contribution in [0.25, 0.3) is 11.1 Å². The summed E-state index contributed by atoms with van der Waals surface area (Å²) in [7, 11) is -2.44. The van der Waals surface area contributed by atoms with Crippen molar-refractivity contribution in [3.63, 3.8) is 0 Å². The first-order valence-corrected chi connectivity index (χ1v) is 10.5. The summed E-state index contributed by atoms with van der Waals surface area (Å²) >= 11 is 5.93. The van der Waals surface area contributed by atoms with Crippen LogP contribution in [0.2, 0.25) is 5.02 Å². The third-order valence-electron chi connectivity index (χ3n) is 4.03. The quantitative estimate of drug-likeness (QED) is 0.503. The van der Waals surface area contributed by atoms with Crippen molar-refractivity contribution in [2.75, 3.05) is 7.11 Å². The second kappa shape index (κ2) is 8.53. The predicted molar refractivity (Wildman–Crippen MR) is 105 cm³/mol. The lowest BCUT2D eigenvalue weighted by Gasteiger charge is -2.11. The lowest BCUT2D eigenvalue weighted by atomic mass is 10.1. The highest BCUT2D eigenvalue weighted by Crippen LogP contribution is 2.31. The van der Waals surface area contributed by atoms with E-state index in [0.717, 1.165) is 0 Å². The van der Waals surface area contributed by atoms with Crippen LogP contribution in [0.3, 0.4) is 0 Å². The number of ether oxygens (including phenoxy) is 2. The van der Waals surface area contributed by atoms with Gasteiger partial charge < -0.3 is 9.47 Å². The number of hydrogen-bond donors (Lipinski definition) is 0. The van der Waals surface area contributed by atoms with Crippen LogP contribution >= 0.6 is 11.6 Å². The zero-order valence-electron chi connectivity index (χ0n) is 15.5. The maximum Gasteiger partial charge on any atom is 0.573 e. The average molecular weight is 458 g/mol. The number of rotatable bonds is 6. The Bertz CT molecular complexity index is 1150. The number of hydrogen-bond acceptors (Lipinski definition) is 5. The number of halogens is 4. The van der Waals surface area contributed by atoms with Crippen molar-refractivity contribution < 1.29 is 31.1 Å². The number of methoxy groups -OCH3 is 1. The highest BCUT2D eigenvalue weighted by Gasteiger charge is 2.31. The van der Waals surface area contributed by atoms with Gasteiger partial charge >= 0.3 is 6.36 Å². The van der Waals surface area contributed by atoms with Crippen molar-refractivity contribution in [2.45, 2.75) is 17.0 Å². The highest BCUT2D eigenvalue weighted by molar-refractivity contribution is 7.90.